The maximum Gasteiger partial charge on any atom is 0.130 e. The van der Waals surface area contributed by atoms with Crippen molar-refractivity contribution in [2.75, 3.05) is 13.7 Å². The molecule has 0 fully saturated rings. The predicted molar refractivity (Wildman–Crippen MR) is 72.6 cm³/mol. The molecule has 2 nitrogen and oxygen atoms in total. The molecule has 0 saturated heterocycles. The predicted octanol–water partition coefficient (Wildman–Crippen LogP) is 3.95. The first-order valence-corrected chi connectivity index (χ1v) is 6.26. The molecule has 0 radical (unpaired) electrons. The highest BCUT2D eigenvalue weighted by atomic mass is 35.5. The van der Waals surface area contributed by atoms with Crippen molar-refractivity contribution in [2.24, 2.45) is 0 Å². The van der Waals surface area contributed by atoms with Gasteiger partial charge in [0.05, 0.1) is 13.7 Å². The van der Waals surface area contributed by atoms with Gasteiger partial charge in [-0.2, -0.15) is 0 Å². The summed E-state index contributed by atoms with van der Waals surface area (Å²) in [5.41, 5.74) is 3.27. The van der Waals surface area contributed by atoms with Gasteiger partial charge in [-0.25, -0.2) is 0 Å². The van der Waals surface area contributed by atoms with Crippen LogP contribution in [0.25, 0.3) is 11.1 Å². The normalized spacial score (nSPS) is 13.0. The number of methoxy groups -OCH3 is 1. The van der Waals surface area contributed by atoms with Crippen molar-refractivity contribution in [3.8, 4) is 22.6 Å². The van der Waals surface area contributed by atoms with E-state index in [2.05, 4.69) is 6.07 Å². The van der Waals surface area contributed by atoms with E-state index in [1.807, 2.05) is 30.3 Å². The Labute approximate surface area is 111 Å². The molecule has 3 heteroatoms. The summed E-state index contributed by atoms with van der Waals surface area (Å²) in [6.07, 6.45) is 0.964. The lowest BCUT2D eigenvalue weighted by Crippen LogP contribution is -1.91. The summed E-state index contributed by atoms with van der Waals surface area (Å²) >= 11 is 6.08. The average Bonchev–Trinajstić information content (AvgIpc) is 2.86. The lowest BCUT2D eigenvalue weighted by atomic mass is 10.0. The maximum absolute atomic E-state index is 6.08. The van der Waals surface area contributed by atoms with E-state index >= 15 is 0 Å². The Bertz CT molecular complexity index is 593. The van der Waals surface area contributed by atoms with Crippen molar-refractivity contribution < 1.29 is 9.47 Å². The van der Waals surface area contributed by atoms with Crippen molar-refractivity contribution in [3.63, 3.8) is 0 Å². The van der Waals surface area contributed by atoms with Crippen LogP contribution in [0.2, 0.25) is 5.02 Å². The zero-order valence-corrected chi connectivity index (χ0v) is 10.8. The van der Waals surface area contributed by atoms with Crippen molar-refractivity contribution in [2.45, 2.75) is 6.42 Å². The van der Waals surface area contributed by atoms with Crippen molar-refractivity contribution in [3.05, 3.63) is 47.0 Å². The summed E-state index contributed by atoms with van der Waals surface area (Å²) in [4.78, 5) is 0. The Kier molecular flexibility index (Phi) is 2.88. The highest BCUT2D eigenvalue weighted by molar-refractivity contribution is 6.31. The molecular weight excluding hydrogens is 248 g/mol. The van der Waals surface area contributed by atoms with Gasteiger partial charge in [0.25, 0.3) is 0 Å². The van der Waals surface area contributed by atoms with Gasteiger partial charge < -0.3 is 9.47 Å². The molecule has 1 heterocycles. The second kappa shape index (κ2) is 4.54. The van der Waals surface area contributed by atoms with Crippen LogP contribution in [0.3, 0.4) is 0 Å². The Hall–Kier alpha value is -1.67. The number of hydrogen-bond donors (Lipinski definition) is 0. The summed E-state index contributed by atoms with van der Waals surface area (Å²) in [5, 5.41) is 0.696. The summed E-state index contributed by atoms with van der Waals surface area (Å²) in [5.74, 6) is 1.77. The van der Waals surface area contributed by atoms with E-state index in [1.165, 1.54) is 5.56 Å². The van der Waals surface area contributed by atoms with Gasteiger partial charge in [-0.05, 0) is 23.8 Å². The molecule has 2 aromatic rings. The second-order valence-corrected chi connectivity index (χ2v) is 4.67. The van der Waals surface area contributed by atoms with Gasteiger partial charge in [-0.15, -0.1) is 0 Å². The number of halogens is 1. The minimum atomic E-state index is 0.696. The summed E-state index contributed by atoms with van der Waals surface area (Å²) in [6, 6.07) is 11.8. The molecule has 2 aromatic carbocycles. The van der Waals surface area contributed by atoms with Gasteiger partial charge in [0.15, 0.2) is 0 Å². The van der Waals surface area contributed by atoms with Crippen LogP contribution in [0.15, 0.2) is 36.4 Å². The molecular formula is C15H13ClO2. The summed E-state index contributed by atoms with van der Waals surface area (Å²) < 4.78 is 11.1. The molecule has 0 bridgehead atoms. The van der Waals surface area contributed by atoms with E-state index in [-0.39, 0.29) is 0 Å². The number of hydrogen-bond acceptors (Lipinski definition) is 2. The van der Waals surface area contributed by atoms with Gasteiger partial charge in [0, 0.05) is 22.6 Å². The summed E-state index contributed by atoms with van der Waals surface area (Å²) in [7, 11) is 1.66. The van der Waals surface area contributed by atoms with Crippen LogP contribution in [0.4, 0.5) is 0 Å². The average molecular weight is 261 g/mol. The lowest BCUT2D eigenvalue weighted by molar-refractivity contribution is 0.357. The first-order valence-electron chi connectivity index (χ1n) is 5.88. The standard InChI is InChI=1S/C15H13ClO2/c1-17-14-6-5-11(16)9-13(14)12-4-2-3-10-7-8-18-15(10)12/h2-6,9H,7-8H2,1H3. The SMILES string of the molecule is COc1ccc(Cl)cc1-c1cccc2c1OCC2. The number of fused-ring (bicyclic) bond motifs is 1. The van der Waals surface area contributed by atoms with Crippen molar-refractivity contribution in [1.82, 2.24) is 0 Å². The molecule has 92 valence electrons. The zero-order chi connectivity index (χ0) is 12.5. The molecule has 0 aromatic heterocycles. The first kappa shape index (κ1) is 11.4. The van der Waals surface area contributed by atoms with Gasteiger partial charge >= 0.3 is 0 Å². The van der Waals surface area contributed by atoms with Crippen LogP contribution in [0, 0.1) is 0 Å². The van der Waals surface area contributed by atoms with Crippen LogP contribution in [0.1, 0.15) is 5.56 Å². The van der Waals surface area contributed by atoms with E-state index in [4.69, 9.17) is 21.1 Å². The highest BCUT2D eigenvalue weighted by Crippen LogP contribution is 2.41. The molecule has 0 N–H and O–H groups in total. The molecule has 0 spiro atoms. The number of ether oxygens (including phenoxy) is 2. The Morgan fingerprint density at radius 1 is 1.17 bits per heavy atom. The maximum atomic E-state index is 6.08. The van der Waals surface area contributed by atoms with E-state index < -0.39 is 0 Å². The topological polar surface area (TPSA) is 18.5 Å². The monoisotopic (exact) mass is 260 g/mol. The van der Waals surface area contributed by atoms with Crippen LogP contribution in [-0.4, -0.2) is 13.7 Å². The molecule has 0 saturated carbocycles. The largest absolute Gasteiger partial charge is 0.496 e. The fraction of sp³-hybridized carbons (Fsp3) is 0.200. The van der Waals surface area contributed by atoms with Crippen molar-refractivity contribution >= 4 is 11.6 Å². The molecule has 0 unspecified atom stereocenters. The smallest absolute Gasteiger partial charge is 0.130 e. The van der Waals surface area contributed by atoms with Crippen LogP contribution in [-0.2, 0) is 6.42 Å². The molecule has 0 atom stereocenters. The van der Waals surface area contributed by atoms with Gasteiger partial charge in [-0.1, -0.05) is 29.8 Å². The molecule has 1 aliphatic heterocycles. The minimum absolute atomic E-state index is 0.696. The quantitative estimate of drug-likeness (QED) is 0.814. The van der Waals surface area contributed by atoms with E-state index in [0.717, 1.165) is 35.7 Å². The van der Waals surface area contributed by atoms with Gasteiger partial charge in [-0.3, -0.25) is 0 Å². The van der Waals surface area contributed by atoms with Crippen LogP contribution < -0.4 is 9.47 Å². The van der Waals surface area contributed by atoms with E-state index in [9.17, 15) is 0 Å². The fourth-order valence-corrected chi connectivity index (χ4v) is 2.49. The fourth-order valence-electron chi connectivity index (χ4n) is 2.32. The van der Waals surface area contributed by atoms with Gasteiger partial charge in [0.1, 0.15) is 11.5 Å². The Balaban J connectivity index is 2.21. The third-order valence-corrected chi connectivity index (χ3v) is 3.40. The van der Waals surface area contributed by atoms with Crippen LogP contribution >= 0.6 is 11.6 Å². The number of benzene rings is 2. The van der Waals surface area contributed by atoms with Crippen molar-refractivity contribution in [1.29, 1.82) is 0 Å². The molecule has 3 rings (SSSR count). The third-order valence-electron chi connectivity index (χ3n) is 3.17. The third kappa shape index (κ3) is 1.83. The molecule has 0 amide bonds. The Morgan fingerprint density at radius 2 is 2.06 bits per heavy atom. The molecule has 18 heavy (non-hydrogen) atoms. The summed E-state index contributed by atoms with van der Waals surface area (Å²) in [6.45, 7) is 0.745. The first-order chi connectivity index (χ1) is 8.79. The second-order valence-electron chi connectivity index (χ2n) is 4.24. The Morgan fingerprint density at radius 3 is 2.89 bits per heavy atom. The van der Waals surface area contributed by atoms with E-state index in [0.29, 0.717) is 5.02 Å². The molecule has 1 aliphatic rings. The van der Waals surface area contributed by atoms with Crippen LogP contribution in [0.5, 0.6) is 11.5 Å². The number of rotatable bonds is 2. The van der Waals surface area contributed by atoms with Gasteiger partial charge in [0.2, 0.25) is 0 Å². The molecule has 0 aliphatic carbocycles. The lowest BCUT2D eigenvalue weighted by Gasteiger charge is -2.12. The van der Waals surface area contributed by atoms with E-state index in [1.54, 1.807) is 7.11 Å². The highest BCUT2D eigenvalue weighted by Gasteiger charge is 2.19. The minimum Gasteiger partial charge on any atom is -0.496 e. The zero-order valence-electron chi connectivity index (χ0n) is 10.1. The number of para-hydroxylation sites is 1.